The molecule has 0 bridgehead atoms. The number of aryl methyl sites for hydroxylation is 1. The van der Waals surface area contributed by atoms with Gasteiger partial charge in [0.2, 0.25) is 0 Å². The van der Waals surface area contributed by atoms with Gasteiger partial charge in [0.15, 0.2) is 18.1 Å². The highest BCUT2D eigenvalue weighted by atomic mass is 19.1. The molecule has 2 aromatic rings. The van der Waals surface area contributed by atoms with E-state index < -0.39 is 11.9 Å². The molecule has 5 nitrogen and oxygen atoms in total. The molecule has 2 rings (SSSR count). The minimum Gasteiger partial charge on any atom is -0.488 e. The van der Waals surface area contributed by atoms with Crippen molar-refractivity contribution >= 4 is 11.6 Å². The van der Waals surface area contributed by atoms with E-state index in [0.717, 1.165) is 16.8 Å². The second kappa shape index (κ2) is 9.15. The lowest BCUT2D eigenvalue weighted by Crippen LogP contribution is -2.88. The number of amides is 1. The number of nitrogens with two attached hydrogens (primary N) is 1. The van der Waals surface area contributed by atoms with Crippen LogP contribution < -0.4 is 15.4 Å². The van der Waals surface area contributed by atoms with Gasteiger partial charge in [-0.1, -0.05) is 24.3 Å². The number of para-hydroxylation sites is 1. The van der Waals surface area contributed by atoms with Crippen LogP contribution in [-0.2, 0) is 4.79 Å². The first-order chi connectivity index (χ1) is 12.0. The van der Waals surface area contributed by atoms with Crippen molar-refractivity contribution in [1.29, 1.82) is 0 Å². The number of aliphatic hydroxyl groups is 1. The molecule has 25 heavy (non-hydrogen) atoms. The Morgan fingerprint density at radius 3 is 2.76 bits per heavy atom. The number of ether oxygens (including phenoxy) is 1. The predicted molar refractivity (Wildman–Crippen MR) is 94.1 cm³/mol. The van der Waals surface area contributed by atoms with Gasteiger partial charge in [-0.3, -0.25) is 4.79 Å². The number of hydrogen-bond acceptors (Lipinski definition) is 3. The van der Waals surface area contributed by atoms with Gasteiger partial charge in [0.1, 0.15) is 19.3 Å². The molecule has 1 atom stereocenters. The fourth-order valence-corrected chi connectivity index (χ4v) is 2.31. The first kappa shape index (κ1) is 18.9. The van der Waals surface area contributed by atoms with Gasteiger partial charge >= 0.3 is 0 Å². The predicted octanol–water partition coefficient (Wildman–Crippen LogP) is 1.38. The number of nitrogens with one attached hydrogen (secondary N) is 1. The zero-order valence-corrected chi connectivity index (χ0v) is 14.5. The van der Waals surface area contributed by atoms with Crippen LogP contribution in [0.4, 0.5) is 10.1 Å². The number of halogens is 1. The Bertz CT molecular complexity index is 722. The molecule has 0 radical (unpaired) electrons. The molecule has 0 heterocycles. The Hall–Kier alpha value is -2.44. The SMILES string of the molecule is Cc1cccc(NC(=O)C[NH2+]C[C@H](O)COc2ccccc2F)c1C. The molecule has 134 valence electrons. The summed E-state index contributed by atoms with van der Waals surface area (Å²) in [6.45, 7) is 4.39. The summed E-state index contributed by atoms with van der Waals surface area (Å²) < 4.78 is 18.6. The van der Waals surface area contributed by atoms with Crippen LogP contribution in [0.5, 0.6) is 5.75 Å². The molecule has 0 saturated heterocycles. The van der Waals surface area contributed by atoms with Gasteiger partial charge < -0.3 is 20.5 Å². The number of aliphatic hydroxyl groups excluding tert-OH is 1. The topological polar surface area (TPSA) is 75.2 Å². The monoisotopic (exact) mass is 347 g/mol. The number of quaternary nitrogens is 1. The van der Waals surface area contributed by atoms with Crippen molar-refractivity contribution < 1.29 is 24.3 Å². The molecule has 0 aliphatic carbocycles. The Morgan fingerprint density at radius 1 is 1.24 bits per heavy atom. The molecule has 0 aromatic heterocycles. The number of hydrogen-bond donors (Lipinski definition) is 3. The molecule has 6 heteroatoms. The van der Waals surface area contributed by atoms with Crippen LogP contribution in [0.1, 0.15) is 11.1 Å². The third kappa shape index (κ3) is 5.85. The van der Waals surface area contributed by atoms with Crippen LogP contribution in [0.25, 0.3) is 0 Å². The molecule has 0 aliphatic rings. The Morgan fingerprint density at radius 2 is 2.00 bits per heavy atom. The fourth-order valence-electron chi connectivity index (χ4n) is 2.31. The number of carbonyl (C=O) groups excluding carboxylic acids is 1. The molecule has 0 spiro atoms. The third-order valence-electron chi connectivity index (χ3n) is 3.92. The number of rotatable bonds is 8. The lowest BCUT2D eigenvalue weighted by atomic mass is 10.1. The van der Waals surface area contributed by atoms with Crippen molar-refractivity contribution in [2.75, 3.05) is 25.0 Å². The summed E-state index contributed by atoms with van der Waals surface area (Å²) in [5.41, 5.74) is 2.94. The van der Waals surface area contributed by atoms with Gasteiger partial charge in [-0.05, 0) is 43.2 Å². The van der Waals surface area contributed by atoms with Crippen LogP contribution in [-0.4, -0.2) is 36.8 Å². The van der Waals surface area contributed by atoms with E-state index in [1.54, 1.807) is 17.4 Å². The normalized spacial score (nSPS) is 11.8. The number of benzene rings is 2. The molecule has 1 amide bonds. The summed E-state index contributed by atoms with van der Waals surface area (Å²) in [4.78, 5) is 12.0. The van der Waals surface area contributed by atoms with Crippen molar-refractivity contribution in [3.8, 4) is 5.75 Å². The maximum absolute atomic E-state index is 13.4. The smallest absolute Gasteiger partial charge is 0.279 e. The molecule has 0 aliphatic heterocycles. The largest absolute Gasteiger partial charge is 0.488 e. The third-order valence-corrected chi connectivity index (χ3v) is 3.92. The summed E-state index contributed by atoms with van der Waals surface area (Å²) in [6, 6.07) is 11.8. The Kier molecular flexibility index (Phi) is 6.91. The minimum atomic E-state index is -0.798. The van der Waals surface area contributed by atoms with Crippen molar-refractivity contribution in [2.45, 2.75) is 20.0 Å². The first-order valence-electron chi connectivity index (χ1n) is 8.20. The fraction of sp³-hybridized carbons (Fsp3) is 0.316. The molecule has 4 N–H and O–H groups in total. The van der Waals surface area contributed by atoms with Crippen LogP contribution in [0.15, 0.2) is 42.5 Å². The average molecular weight is 347 g/mol. The van der Waals surface area contributed by atoms with Gasteiger partial charge in [0.25, 0.3) is 5.91 Å². The van der Waals surface area contributed by atoms with Crippen molar-refractivity contribution in [3.63, 3.8) is 0 Å². The second-order valence-electron chi connectivity index (χ2n) is 5.92. The molecule has 0 unspecified atom stereocenters. The molecule has 2 aromatic carbocycles. The van der Waals surface area contributed by atoms with E-state index in [2.05, 4.69) is 5.32 Å². The summed E-state index contributed by atoms with van der Waals surface area (Å²) in [6.07, 6.45) is -0.798. The number of anilines is 1. The lowest BCUT2D eigenvalue weighted by Gasteiger charge is -2.12. The highest BCUT2D eigenvalue weighted by Crippen LogP contribution is 2.17. The van der Waals surface area contributed by atoms with Crippen LogP contribution in [0.2, 0.25) is 0 Å². The van der Waals surface area contributed by atoms with E-state index in [1.165, 1.54) is 12.1 Å². The Labute approximate surface area is 146 Å². The number of carbonyl (C=O) groups is 1. The van der Waals surface area contributed by atoms with E-state index in [9.17, 15) is 14.3 Å². The lowest BCUT2D eigenvalue weighted by molar-refractivity contribution is -0.650. The maximum Gasteiger partial charge on any atom is 0.279 e. The van der Waals surface area contributed by atoms with Crippen molar-refractivity contribution in [3.05, 3.63) is 59.4 Å². The summed E-state index contributed by atoms with van der Waals surface area (Å²) in [5.74, 6) is -0.503. The zero-order chi connectivity index (χ0) is 18.2. The summed E-state index contributed by atoms with van der Waals surface area (Å²) in [7, 11) is 0. The van der Waals surface area contributed by atoms with E-state index in [4.69, 9.17) is 4.74 Å². The minimum absolute atomic E-state index is 0.0317. The van der Waals surface area contributed by atoms with Gasteiger partial charge in [-0.2, -0.15) is 0 Å². The zero-order valence-electron chi connectivity index (χ0n) is 14.5. The van der Waals surface area contributed by atoms with E-state index in [1.807, 2.05) is 32.0 Å². The Balaban J connectivity index is 1.70. The molecule has 0 fully saturated rings. The molecule has 0 saturated carbocycles. The average Bonchev–Trinajstić information content (AvgIpc) is 2.58. The molecular formula is C19H24FN2O3+. The van der Waals surface area contributed by atoms with Gasteiger partial charge in [-0.25, -0.2) is 4.39 Å². The highest BCUT2D eigenvalue weighted by Gasteiger charge is 2.12. The van der Waals surface area contributed by atoms with Gasteiger partial charge in [-0.15, -0.1) is 0 Å². The first-order valence-corrected chi connectivity index (χ1v) is 8.20. The van der Waals surface area contributed by atoms with E-state index >= 15 is 0 Å². The summed E-state index contributed by atoms with van der Waals surface area (Å²) in [5, 5.41) is 14.4. The highest BCUT2D eigenvalue weighted by molar-refractivity contribution is 5.92. The standard InChI is InChI=1S/C19H23FN2O3/c1-13-6-5-8-17(14(13)2)22-19(24)11-21-10-15(23)12-25-18-9-4-3-7-16(18)20/h3-9,15,21,23H,10-12H2,1-2H3,(H,22,24)/p+1/t15-/m0/s1. The van der Waals surface area contributed by atoms with Crippen molar-refractivity contribution in [2.24, 2.45) is 0 Å². The van der Waals surface area contributed by atoms with Crippen LogP contribution >= 0.6 is 0 Å². The van der Waals surface area contributed by atoms with Crippen molar-refractivity contribution in [1.82, 2.24) is 0 Å². The van der Waals surface area contributed by atoms with Crippen LogP contribution in [0.3, 0.4) is 0 Å². The molecular weight excluding hydrogens is 323 g/mol. The summed E-state index contributed by atoms with van der Waals surface area (Å²) >= 11 is 0. The van der Waals surface area contributed by atoms with Gasteiger partial charge in [0, 0.05) is 5.69 Å². The quantitative estimate of drug-likeness (QED) is 0.675. The van der Waals surface area contributed by atoms with E-state index in [-0.39, 0.29) is 31.4 Å². The second-order valence-corrected chi connectivity index (χ2v) is 5.92. The van der Waals surface area contributed by atoms with Gasteiger partial charge in [0.05, 0.1) is 0 Å². The van der Waals surface area contributed by atoms with Crippen LogP contribution in [0, 0.1) is 19.7 Å². The maximum atomic E-state index is 13.4. The van der Waals surface area contributed by atoms with E-state index in [0.29, 0.717) is 0 Å².